The molecule has 1 aromatic heterocycles. The summed E-state index contributed by atoms with van der Waals surface area (Å²) in [5, 5.41) is 5.37. The summed E-state index contributed by atoms with van der Waals surface area (Å²) < 4.78 is 0. The van der Waals surface area contributed by atoms with Crippen LogP contribution in [0.3, 0.4) is 0 Å². The maximum atomic E-state index is 12.9. The highest BCUT2D eigenvalue weighted by atomic mass is 16.2. The molecule has 2 aliphatic rings. The van der Waals surface area contributed by atoms with Crippen molar-refractivity contribution in [1.82, 2.24) is 9.97 Å². The van der Waals surface area contributed by atoms with Crippen LogP contribution in [0.2, 0.25) is 0 Å². The molecule has 9 nitrogen and oxygen atoms in total. The molecule has 2 aromatic rings. The van der Waals surface area contributed by atoms with Crippen LogP contribution in [0.1, 0.15) is 54.9 Å². The Labute approximate surface area is 179 Å². The lowest BCUT2D eigenvalue weighted by molar-refractivity contribution is -0.123. The number of carbonyl (C=O) groups excluding carboxylic acids is 3. The topological polar surface area (TPSA) is 124 Å². The number of H-pyrrole nitrogens is 1. The SMILES string of the molecule is CC(=O)c1ccc(NC(=O)[C@H]2CC(=O)Nc3nc(N4CCC[C@H](C)C4)[nH]c(=O)c32)cc1. The average Bonchev–Trinajstić information content (AvgIpc) is 2.73. The van der Waals surface area contributed by atoms with Gasteiger partial charge in [-0.1, -0.05) is 6.92 Å². The molecule has 0 radical (unpaired) electrons. The van der Waals surface area contributed by atoms with E-state index in [2.05, 4.69) is 27.5 Å². The van der Waals surface area contributed by atoms with Gasteiger partial charge in [-0.25, -0.2) is 0 Å². The van der Waals surface area contributed by atoms with Crippen LogP contribution >= 0.6 is 0 Å². The Morgan fingerprint density at radius 3 is 2.61 bits per heavy atom. The minimum Gasteiger partial charge on any atom is -0.342 e. The number of nitrogens with zero attached hydrogens (tertiary/aromatic N) is 2. The highest BCUT2D eigenvalue weighted by molar-refractivity contribution is 6.04. The normalized spacial score (nSPS) is 20.6. The lowest BCUT2D eigenvalue weighted by Gasteiger charge is -2.32. The van der Waals surface area contributed by atoms with E-state index in [0.717, 1.165) is 25.9 Å². The third kappa shape index (κ3) is 4.35. The van der Waals surface area contributed by atoms with Gasteiger partial charge < -0.3 is 15.5 Å². The first-order chi connectivity index (χ1) is 14.8. The van der Waals surface area contributed by atoms with Crippen molar-refractivity contribution in [2.24, 2.45) is 5.92 Å². The van der Waals surface area contributed by atoms with Gasteiger partial charge in [-0.05, 0) is 49.9 Å². The standard InChI is InChI=1S/C22H25N5O4/c1-12-4-3-9-27(11-12)22-25-19-18(21(31)26-22)16(10-17(29)24-19)20(30)23-15-7-5-14(6-8-15)13(2)28/h5-8,12,16H,3-4,9-11H2,1-2H3,(H,23,30)(H2,24,25,26,29,31)/t12-,16-/m0/s1. The quantitative estimate of drug-likeness (QED) is 0.648. The summed E-state index contributed by atoms with van der Waals surface area (Å²) in [5.41, 5.74) is 0.739. The number of rotatable bonds is 4. The molecule has 0 bridgehead atoms. The van der Waals surface area contributed by atoms with Crippen LogP contribution in [-0.4, -0.2) is 40.7 Å². The van der Waals surface area contributed by atoms with Crippen molar-refractivity contribution in [3.8, 4) is 0 Å². The fourth-order valence-corrected chi connectivity index (χ4v) is 4.13. The molecule has 0 unspecified atom stereocenters. The number of ketones is 1. The summed E-state index contributed by atoms with van der Waals surface area (Å²) >= 11 is 0. The predicted octanol–water partition coefficient (Wildman–Crippen LogP) is 2.27. The van der Waals surface area contributed by atoms with Crippen molar-refractivity contribution in [3.63, 3.8) is 0 Å². The fraction of sp³-hybridized carbons (Fsp3) is 0.409. The van der Waals surface area contributed by atoms with Gasteiger partial charge in [0.25, 0.3) is 5.56 Å². The van der Waals surface area contributed by atoms with Gasteiger partial charge in [-0.2, -0.15) is 4.98 Å². The molecule has 4 rings (SSSR count). The van der Waals surface area contributed by atoms with Crippen molar-refractivity contribution < 1.29 is 14.4 Å². The van der Waals surface area contributed by atoms with E-state index >= 15 is 0 Å². The molecular weight excluding hydrogens is 398 g/mol. The molecule has 1 fully saturated rings. The zero-order chi connectivity index (χ0) is 22.1. The average molecular weight is 423 g/mol. The van der Waals surface area contributed by atoms with Crippen LogP contribution in [0.15, 0.2) is 29.1 Å². The molecule has 1 aromatic carbocycles. The smallest absolute Gasteiger partial charge is 0.258 e. The second kappa shape index (κ2) is 8.33. The summed E-state index contributed by atoms with van der Waals surface area (Å²) in [6.07, 6.45) is 1.98. The Bertz CT molecular complexity index is 1090. The Morgan fingerprint density at radius 2 is 1.94 bits per heavy atom. The molecule has 0 saturated carbocycles. The Kier molecular flexibility index (Phi) is 5.58. The van der Waals surface area contributed by atoms with Gasteiger partial charge in [0.2, 0.25) is 17.8 Å². The number of Topliss-reactive ketones (excluding diaryl/α,β-unsaturated/α-hetero) is 1. The zero-order valence-corrected chi connectivity index (χ0v) is 17.5. The minimum absolute atomic E-state index is 0.0766. The molecule has 2 atom stereocenters. The molecule has 9 heteroatoms. The van der Waals surface area contributed by atoms with Crippen LogP contribution in [0.5, 0.6) is 0 Å². The van der Waals surface area contributed by atoms with E-state index < -0.39 is 17.4 Å². The fourth-order valence-electron chi connectivity index (χ4n) is 4.13. The van der Waals surface area contributed by atoms with E-state index in [1.54, 1.807) is 24.3 Å². The predicted molar refractivity (Wildman–Crippen MR) is 117 cm³/mol. The number of hydrogen-bond acceptors (Lipinski definition) is 6. The Hall–Kier alpha value is -3.49. The van der Waals surface area contributed by atoms with Crippen molar-refractivity contribution in [3.05, 3.63) is 45.7 Å². The summed E-state index contributed by atoms with van der Waals surface area (Å²) in [6, 6.07) is 6.45. The van der Waals surface area contributed by atoms with Crippen LogP contribution in [0.25, 0.3) is 0 Å². The zero-order valence-electron chi connectivity index (χ0n) is 17.5. The Balaban J connectivity index is 1.60. The maximum Gasteiger partial charge on any atom is 0.258 e. The second-order valence-electron chi connectivity index (χ2n) is 8.27. The number of nitrogens with one attached hydrogen (secondary N) is 3. The van der Waals surface area contributed by atoms with E-state index in [0.29, 0.717) is 23.1 Å². The number of aromatic nitrogens is 2. The van der Waals surface area contributed by atoms with Crippen molar-refractivity contribution in [2.45, 2.75) is 39.0 Å². The minimum atomic E-state index is -0.957. The Morgan fingerprint density at radius 1 is 1.19 bits per heavy atom. The van der Waals surface area contributed by atoms with Crippen molar-refractivity contribution >= 4 is 35.1 Å². The van der Waals surface area contributed by atoms with Gasteiger partial charge in [0.05, 0.1) is 11.5 Å². The molecule has 3 N–H and O–H groups in total. The summed E-state index contributed by atoms with van der Waals surface area (Å²) in [4.78, 5) is 58.8. The number of amides is 2. The van der Waals surface area contributed by atoms with Gasteiger partial charge in [0.1, 0.15) is 5.82 Å². The van der Waals surface area contributed by atoms with E-state index in [9.17, 15) is 19.2 Å². The van der Waals surface area contributed by atoms with Gasteiger partial charge in [0.15, 0.2) is 5.78 Å². The number of carbonyl (C=O) groups is 3. The van der Waals surface area contributed by atoms with E-state index in [1.165, 1.54) is 6.92 Å². The van der Waals surface area contributed by atoms with Crippen LogP contribution in [-0.2, 0) is 9.59 Å². The number of hydrogen-bond donors (Lipinski definition) is 3. The number of benzene rings is 1. The highest BCUT2D eigenvalue weighted by Gasteiger charge is 2.35. The second-order valence-corrected chi connectivity index (χ2v) is 8.27. The van der Waals surface area contributed by atoms with Crippen molar-refractivity contribution in [2.75, 3.05) is 28.6 Å². The largest absolute Gasteiger partial charge is 0.342 e. The van der Waals surface area contributed by atoms with Gasteiger partial charge in [-0.3, -0.25) is 24.2 Å². The van der Waals surface area contributed by atoms with E-state index in [-0.39, 0.29) is 29.5 Å². The lowest BCUT2D eigenvalue weighted by Crippen LogP contribution is -2.40. The summed E-state index contributed by atoms with van der Waals surface area (Å²) in [5.74, 6) is -0.836. The summed E-state index contributed by atoms with van der Waals surface area (Å²) in [7, 11) is 0. The van der Waals surface area contributed by atoms with Gasteiger partial charge >= 0.3 is 0 Å². The van der Waals surface area contributed by atoms with Crippen LogP contribution in [0.4, 0.5) is 17.5 Å². The van der Waals surface area contributed by atoms with Gasteiger partial charge in [-0.15, -0.1) is 0 Å². The maximum absolute atomic E-state index is 12.9. The highest BCUT2D eigenvalue weighted by Crippen LogP contribution is 2.31. The number of piperidine rings is 1. The van der Waals surface area contributed by atoms with E-state index in [4.69, 9.17) is 0 Å². The molecule has 0 aliphatic carbocycles. The first-order valence-electron chi connectivity index (χ1n) is 10.4. The molecule has 162 valence electrons. The molecule has 3 heterocycles. The number of anilines is 3. The molecule has 2 amide bonds. The third-order valence-corrected chi connectivity index (χ3v) is 5.77. The molecule has 31 heavy (non-hydrogen) atoms. The number of aromatic amines is 1. The monoisotopic (exact) mass is 423 g/mol. The number of fused-ring (bicyclic) bond motifs is 1. The molecule has 2 aliphatic heterocycles. The lowest BCUT2D eigenvalue weighted by atomic mass is 9.92. The van der Waals surface area contributed by atoms with E-state index in [1.807, 2.05) is 4.90 Å². The molecule has 1 saturated heterocycles. The molecule has 0 spiro atoms. The van der Waals surface area contributed by atoms with Gasteiger partial charge in [0, 0.05) is 30.8 Å². The first-order valence-corrected chi connectivity index (χ1v) is 10.4. The van der Waals surface area contributed by atoms with Crippen LogP contribution < -0.4 is 21.1 Å². The summed E-state index contributed by atoms with van der Waals surface area (Å²) in [6.45, 7) is 5.16. The van der Waals surface area contributed by atoms with Crippen molar-refractivity contribution in [1.29, 1.82) is 0 Å². The van der Waals surface area contributed by atoms with Crippen LogP contribution in [0, 0.1) is 5.92 Å². The first kappa shape index (κ1) is 20.8. The molecular formula is C22H25N5O4. The third-order valence-electron chi connectivity index (χ3n) is 5.77.